The Morgan fingerprint density at radius 3 is 2.58 bits per heavy atom. The summed E-state index contributed by atoms with van der Waals surface area (Å²) < 4.78 is 12.1. The zero-order valence-corrected chi connectivity index (χ0v) is 15.7. The van der Waals surface area contributed by atoms with Crippen LogP contribution in [0, 0.1) is 25.7 Å². The normalized spacial score (nSPS) is 24.7. The van der Waals surface area contributed by atoms with Crippen molar-refractivity contribution in [3.8, 4) is 5.75 Å². The molecule has 6 nitrogen and oxygen atoms in total. The van der Waals surface area contributed by atoms with Gasteiger partial charge in [-0.2, -0.15) is 0 Å². The van der Waals surface area contributed by atoms with Crippen LogP contribution in [0.3, 0.4) is 0 Å². The molecular formula is C20H26N4O2. The maximum atomic E-state index is 6.06. The zero-order chi connectivity index (χ0) is 18.1. The monoisotopic (exact) mass is 354 g/mol. The van der Waals surface area contributed by atoms with Crippen LogP contribution >= 0.6 is 0 Å². The Kier molecular flexibility index (Phi) is 4.76. The molecule has 4 rings (SSSR count). The molecule has 2 fully saturated rings. The molecule has 0 spiro atoms. The summed E-state index contributed by atoms with van der Waals surface area (Å²) in [6.07, 6.45) is 5.05. The number of nitrogens with zero attached hydrogens (tertiary/aromatic N) is 4. The molecule has 0 saturated carbocycles. The molecule has 138 valence electrons. The number of rotatable bonds is 5. The van der Waals surface area contributed by atoms with Crippen LogP contribution in [0.1, 0.15) is 23.9 Å². The van der Waals surface area contributed by atoms with Gasteiger partial charge in [-0.1, -0.05) is 6.92 Å². The van der Waals surface area contributed by atoms with Gasteiger partial charge in [-0.3, -0.25) is 4.98 Å². The van der Waals surface area contributed by atoms with Crippen molar-refractivity contribution in [2.24, 2.45) is 11.8 Å². The summed E-state index contributed by atoms with van der Waals surface area (Å²) in [5.74, 6) is 2.56. The van der Waals surface area contributed by atoms with Crippen molar-refractivity contribution in [2.45, 2.75) is 33.3 Å². The van der Waals surface area contributed by atoms with Crippen molar-refractivity contribution in [1.29, 1.82) is 0 Å². The third-order valence-corrected chi connectivity index (χ3v) is 5.34. The van der Waals surface area contributed by atoms with Gasteiger partial charge in [0.25, 0.3) is 0 Å². The van der Waals surface area contributed by atoms with E-state index in [1.165, 1.54) is 5.56 Å². The minimum absolute atomic E-state index is 0.249. The number of hydrogen-bond acceptors (Lipinski definition) is 6. The lowest BCUT2D eigenvalue weighted by Gasteiger charge is -2.20. The lowest BCUT2D eigenvalue weighted by molar-refractivity contribution is 0.108. The lowest BCUT2D eigenvalue weighted by atomic mass is 9.94. The van der Waals surface area contributed by atoms with Gasteiger partial charge in [-0.15, -0.1) is 0 Å². The van der Waals surface area contributed by atoms with Crippen molar-refractivity contribution in [2.75, 3.05) is 31.2 Å². The van der Waals surface area contributed by atoms with Crippen LogP contribution in [0.15, 0.2) is 24.5 Å². The third-order valence-electron chi connectivity index (χ3n) is 5.34. The fraction of sp³-hybridized carbons (Fsp3) is 0.550. The smallest absolute Gasteiger partial charge is 0.225 e. The van der Waals surface area contributed by atoms with Crippen molar-refractivity contribution < 1.29 is 9.47 Å². The van der Waals surface area contributed by atoms with Crippen molar-refractivity contribution in [3.05, 3.63) is 41.5 Å². The van der Waals surface area contributed by atoms with E-state index in [1.54, 1.807) is 0 Å². The van der Waals surface area contributed by atoms with Crippen LogP contribution in [-0.2, 0) is 11.2 Å². The highest BCUT2D eigenvalue weighted by Crippen LogP contribution is 2.35. The number of aromatic nitrogens is 3. The van der Waals surface area contributed by atoms with Gasteiger partial charge in [0.15, 0.2) is 0 Å². The highest BCUT2D eigenvalue weighted by molar-refractivity contribution is 5.33. The van der Waals surface area contributed by atoms with Gasteiger partial charge in [0.2, 0.25) is 5.95 Å². The molecule has 0 unspecified atom stereocenters. The van der Waals surface area contributed by atoms with E-state index >= 15 is 0 Å². The van der Waals surface area contributed by atoms with E-state index in [4.69, 9.17) is 9.47 Å². The SMILES string of the molecule is CCc1cnc(N2C[C@H]3[C@H](COc4cc(C)nc(C)c4)CO[C@H]3C2)nc1. The largest absolute Gasteiger partial charge is 0.493 e. The Morgan fingerprint density at radius 1 is 1.15 bits per heavy atom. The number of anilines is 1. The molecule has 3 atom stereocenters. The van der Waals surface area contributed by atoms with E-state index in [1.807, 2.05) is 38.4 Å². The second kappa shape index (κ2) is 7.19. The molecule has 0 aliphatic carbocycles. The van der Waals surface area contributed by atoms with Gasteiger partial charge in [0, 0.05) is 60.8 Å². The summed E-state index contributed by atoms with van der Waals surface area (Å²) in [5.41, 5.74) is 3.14. The molecule has 0 N–H and O–H groups in total. The van der Waals surface area contributed by atoms with E-state index in [2.05, 4.69) is 26.8 Å². The van der Waals surface area contributed by atoms with Crippen LogP contribution in [-0.4, -0.2) is 47.4 Å². The Hall–Kier alpha value is -2.21. The standard InChI is InChI=1S/C20H26N4O2/c1-4-15-7-21-20(22-8-15)24-9-18-16(12-26-19(18)10-24)11-25-17-5-13(2)23-14(3)6-17/h5-8,16,18-19H,4,9-12H2,1-3H3/t16-,18+,19+/m1/s1. The first-order valence-corrected chi connectivity index (χ1v) is 9.38. The Labute approximate surface area is 154 Å². The van der Waals surface area contributed by atoms with E-state index in [0.717, 1.165) is 49.2 Å². The van der Waals surface area contributed by atoms with Gasteiger partial charge in [-0.05, 0) is 25.8 Å². The predicted molar refractivity (Wildman–Crippen MR) is 99.5 cm³/mol. The Morgan fingerprint density at radius 2 is 1.88 bits per heavy atom. The third kappa shape index (κ3) is 3.51. The number of aryl methyl sites for hydroxylation is 3. The van der Waals surface area contributed by atoms with Gasteiger partial charge >= 0.3 is 0 Å². The average Bonchev–Trinajstić information content (AvgIpc) is 3.20. The highest BCUT2D eigenvalue weighted by Gasteiger charge is 2.44. The van der Waals surface area contributed by atoms with Crippen LogP contribution in [0.4, 0.5) is 5.95 Å². The molecule has 2 aromatic heterocycles. The molecule has 0 aromatic carbocycles. The quantitative estimate of drug-likeness (QED) is 0.822. The molecule has 2 aliphatic rings. The van der Waals surface area contributed by atoms with E-state index in [9.17, 15) is 0 Å². The number of pyridine rings is 1. The maximum absolute atomic E-state index is 6.06. The van der Waals surface area contributed by atoms with E-state index in [-0.39, 0.29) is 6.10 Å². The molecule has 4 heterocycles. The zero-order valence-electron chi connectivity index (χ0n) is 15.7. The molecule has 0 amide bonds. The van der Waals surface area contributed by atoms with Crippen molar-refractivity contribution in [1.82, 2.24) is 15.0 Å². The van der Waals surface area contributed by atoms with Crippen LogP contribution < -0.4 is 9.64 Å². The van der Waals surface area contributed by atoms with Crippen molar-refractivity contribution >= 4 is 5.95 Å². The van der Waals surface area contributed by atoms with Gasteiger partial charge in [0.1, 0.15) is 5.75 Å². The molecule has 6 heteroatoms. The van der Waals surface area contributed by atoms with Gasteiger partial charge in [-0.25, -0.2) is 9.97 Å². The fourth-order valence-electron chi connectivity index (χ4n) is 3.91. The molecule has 0 radical (unpaired) electrons. The summed E-state index contributed by atoms with van der Waals surface area (Å²) in [6, 6.07) is 3.98. The van der Waals surface area contributed by atoms with Crippen molar-refractivity contribution in [3.63, 3.8) is 0 Å². The van der Waals surface area contributed by atoms with Gasteiger partial charge < -0.3 is 14.4 Å². The number of ether oxygens (including phenoxy) is 2. The maximum Gasteiger partial charge on any atom is 0.225 e. The average molecular weight is 354 g/mol. The first-order chi connectivity index (χ1) is 12.6. The fourth-order valence-corrected chi connectivity index (χ4v) is 3.91. The molecule has 2 aliphatic heterocycles. The van der Waals surface area contributed by atoms with Gasteiger partial charge in [0.05, 0.1) is 19.3 Å². The minimum atomic E-state index is 0.249. The number of hydrogen-bond donors (Lipinski definition) is 0. The highest BCUT2D eigenvalue weighted by atomic mass is 16.5. The number of fused-ring (bicyclic) bond motifs is 1. The molecule has 0 bridgehead atoms. The molecular weight excluding hydrogens is 328 g/mol. The van der Waals surface area contributed by atoms with Crippen LogP contribution in [0.2, 0.25) is 0 Å². The Bertz CT molecular complexity index is 745. The Balaban J connectivity index is 1.38. The predicted octanol–water partition coefficient (Wildman–Crippen LogP) is 2.58. The summed E-state index contributed by atoms with van der Waals surface area (Å²) in [4.78, 5) is 15.7. The first-order valence-electron chi connectivity index (χ1n) is 9.38. The summed E-state index contributed by atoms with van der Waals surface area (Å²) >= 11 is 0. The topological polar surface area (TPSA) is 60.4 Å². The first kappa shape index (κ1) is 17.2. The molecule has 26 heavy (non-hydrogen) atoms. The second-order valence-corrected chi connectivity index (χ2v) is 7.34. The van der Waals surface area contributed by atoms with Crippen LogP contribution in [0.25, 0.3) is 0 Å². The van der Waals surface area contributed by atoms with E-state index in [0.29, 0.717) is 18.4 Å². The summed E-state index contributed by atoms with van der Waals surface area (Å²) in [6.45, 7) is 9.33. The van der Waals surface area contributed by atoms with E-state index < -0.39 is 0 Å². The summed E-state index contributed by atoms with van der Waals surface area (Å²) in [5, 5.41) is 0. The minimum Gasteiger partial charge on any atom is -0.493 e. The lowest BCUT2D eigenvalue weighted by Crippen LogP contribution is -2.27. The second-order valence-electron chi connectivity index (χ2n) is 7.34. The van der Waals surface area contributed by atoms with Crippen LogP contribution in [0.5, 0.6) is 5.75 Å². The molecule has 2 saturated heterocycles. The summed E-state index contributed by atoms with van der Waals surface area (Å²) in [7, 11) is 0. The molecule has 2 aromatic rings.